The molecule has 0 saturated heterocycles. The number of methoxy groups -OCH3 is 2. The number of nitrogens with zero attached hydrogens (tertiary/aromatic N) is 1. The molecule has 0 saturated carbocycles. The Balaban J connectivity index is 1.86. The number of ether oxygens (including phenoxy) is 2. The van der Waals surface area contributed by atoms with Crippen molar-refractivity contribution in [1.29, 1.82) is 0 Å². The van der Waals surface area contributed by atoms with Crippen molar-refractivity contribution in [3.05, 3.63) is 52.5 Å². The smallest absolute Gasteiger partial charge is 0.265 e. The van der Waals surface area contributed by atoms with E-state index in [1.54, 1.807) is 44.6 Å². The van der Waals surface area contributed by atoms with Gasteiger partial charge in [-0.1, -0.05) is 22.8 Å². The Morgan fingerprint density at radius 3 is 2.60 bits per heavy atom. The van der Waals surface area contributed by atoms with E-state index in [2.05, 4.69) is 10.5 Å². The summed E-state index contributed by atoms with van der Waals surface area (Å²) in [4.78, 5) is 16.8. The van der Waals surface area contributed by atoms with Gasteiger partial charge < -0.3 is 19.6 Å². The molecule has 0 radical (unpaired) electrons. The van der Waals surface area contributed by atoms with Crippen LogP contribution in [-0.4, -0.2) is 32.9 Å². The largest absolute Gasteiger partial charge is 0.493 e. The zero-order valence-corrected chi connectivity index (χ0v) is 15.0. The van der Waals surface area contributed by atoms with Crippen molar-refractivity contribution < 1.29 is 19.1 Å². The van der Waals surface area contributed by atoms with Gasteiger partial charge >= 0.3 is 0 Å². The van der Waals surface area contributed by atoms with Gasteiger partial charge in [-0.2, -0.15) is 0 Å². The molecule has 0 aliphatic carbocycles. The molecule has 0 atom stereocenters. The van der Waals surface area contributed by atoms with E-state index >= 15 is 0 Å². The van der Waals surface area contributed by atoms with Crippen molar-refractivity contribution in [2.24, 2.45) is 5.16 Å². The zero-order chi connectivity index (χ0) is 18.2. The summed E-state index contributed by atoms with van der Waals surface area (Å²) in [6, 6.07) is 10.6. The van der Waals surface area contributed by atoms with Crippen LogP contribution in [0.4, 0.5) is 5.69 Å². The second kappa shape index (κ2) is 8.94. The van der Waals surface area contributed by atoms with Crippen LogP contribution in [-0.2, 0) is 9.63 Å². The number of amides is 1. The van der Waals surface area contributed by atoms with Gasteiger partial charge in [0.1, 0.15) is 0 Å². The summed E-state index contributed by atoms with van der Waals surface area (Å²) >= 11 is 6.01. The molecule has 2 rings (SSSR count). The van der Waals surface area contributed by atoms with E-state index in [0.29, 0.717) is 22.2 Å². The van der Waals surface area contributed by atoms with E-state index in [0.717, 1.165) is 11.1 Å². The maximum atomic E-state index is 11.8. The maximum absolute atomic E-state index is 11.8. The first kappa shape index (κ1) is 18.6. The van der Waals surface area contributed by atoms with Crippen LogP contribution in [0.2, 0.25) is 5.02 Å². The summed E-state index contributed by atoms with van der Waals surface area (Å²) in [5, 5.41) is 7.05. The number of anilines is 1. The molecule has 0 heterocycles. The van der Waals surface area contributed by atoms with Crippen LogP contribution in [0.15, 0.2) is 41.6 Å². The Kier molecular flexibility index (Phi) is 6.65. The topological polar surface area (TPSA) is 69.2 Å². The van der Waals surface area contributed by atoms with E-state index in [1.165, 1.54) is 6.21 Å². The first-order valence-corrected chi connectivity index (χ1v) is 7.84. The fourth-order valence-electron chi connectivity index (χ4n) is 1.99. The van der Waals surface area contributed by atoms with Crippen molar-refractivity contribution >= 4 is 29.4 Å². The second-order valence-electron chi connectivity index (χ2n) is 5.13. The predicted molar refractivity (Wildman–Crippen MR) is 97.9 cm³/mol. The maximum Gasteiger partial charge on any atom is 0.265 e. The summed E-state index contributed by atoms with van der Waals surface area (Å²) in [7, 11) is 3.12. The number of halogens is 1. The summed E-state index contributed by atoms with van der Waals surface area (Å²) < 4.78 is 10.4. The summed E-state index contributed by atoms with van der Waals surface area (Å²) in [6.45, 7) is 1.68. The molecule has 0 bridgehead atoms. The third-order valence-corrected chi connectivity index (χ3v) is 3.74. The third-order valence-electron chi connectivity index (χ3n) is 3.34. The molecule has 7 heteroatoms. The molecule has 6 nitrogen and oxygen atoms in total. The fourth-order valence-corrected chi connectivity index (χ4v) is 2.18. The van der Waals surface area contributed by atoms with Crippen LogP contribution in [0.25, 0.3) is 0 Å². The van der Waals surface area contributed by atoms with Crippen LogP contribution in [0.5, 0.6) is 11.5 Å². The van der Waals surface area contributed by atoms with Crippen molar-refractivity contribution in [2.45, 2.75) is 6.92 Å². The van der Waals surface area contributed by atoms with E-state index in [4.69, 9.17) is 25.9 Å². The average molecular weight is 363 g/mol. The average Bonchev–Trinajstić information content (AvgIpc) is 2.61. The Bertz CT molecular complexity index is 778. The van der Waals surface area contributed by atoms with Gasteiger partial charge in [0.2, 0.25) is 0 Å². The molecule has 2 aromatic rings. The van der Waals surface area contributed by atoms with Gasteiger partial charge in [0.25, 0.3) is 5.91 Å². The minimum Gasteiger partial charge on any atom is -0.493 e. The molecule has 0 spiro atoms. The molecular weight excluding hydrogens is 344 g/mol. The lowest BCUT2D eigenvalue weighted by molar-refractivity contribution is -0.120. The van der Waals surface area contributed by atoms with Crippen LogP contribution in [0.1, 0.15) is 11.1 Å². The van der Waals surface area contributed by atoms with Crippen LogP contribution in [0.3, 0.4) is 0 Å². The number of carbonyl (C=O) groups is 1. The van der Waals surface area contributed by atoms with Crippen molar-refractivity contribution in [3.8, 4) is 11.5 Å². The summed E-state index contributed by atoms with van der Waals surface area (Å²) in [5.74, 6) is 0.876. The lowest BCUT2D eigenvalue weighted by Gasteiger charge is -2.07. The van der Waals surface area contributed by atoms with Crippen molar-refractivity contribution in [1.82, 2.24) is 0 Å². The molecule has 25 heavy (non-hydrogen) atoms. The molecular formula is C18H19ClN2O4. The number of aryl methyl sites for hydroxylation is 1. The van der Waals surface area contributed by atoms with E-state index in [-0.39, 0.29) is 12.5 Å². The van der Waals surface area contributed by atoms with Gasteiger partial charge in [-0.05, 0) is 42.8 Å². The van der Waals surface area contributed by atoms with Crippen LogP contribution in [0, 0.1) is 6.92 Å². The van der Waals surface area contributed by atoms with Gasteiger partial charge in [0.05, 0.1) is 20.4 Å². The number of hydrogen-bond donors (Lipinski definition) is 1. The van der Waals surface area contributed by atoms with Gasteiger partial charge in [0.15, 0.2) is 18.1 Å². The number of rotatable bonds is 7. The van der Waals surface area contributed by atoms with Gasteiger partial charge in [0, 0.05) is 16.3 Å². The number of hydrogen-bond acceptors (Lipinski definition) is 5. The molecule has 1 amide bonds. The van der Waals surface area contributed by atoms with E-state index in [9.17, 15) is 4.79 Å². The second-order valence-corrected chi connectivity index (χ2v) is 5.54. The minimum atomic E-state index is -0.329. The highest BCUT2D eigenvalue weighted by Crippen LogP contribution is 2.26. The van der Waals surface area contributed by atoms with Crippen molar-refractivity contribution in [3.63, 3.8) is 0 Å². The number of oxime groups is 1. The third kappa shape index (κ3) is 5.39. The number of benzene rings is 2. The molecule has 0 aromatic heterocycles. The zero-order valence-electron chi connectivity index (χ0n) is 14.2. The quantitative estimate of drug-likeness (QED) is 0.603. The Morgan fingerprint density at radius 1 is 1.16 bits per heavy atom. The first-order valence-electron chi connectivity index (χ1n) is 7.47. The normalized spacial score (nSPS) is 10.6. The molecule has 0 aliphatic heterocycles. The Hall–Kier alpha value is -2.73. The highest BCUT2D eigenvalue weighted by Gasteiger charge is 2.05. The van der Waals surface area contributed by atoms with Crippen molar-refractivity contribution in [2.75, 3.05) is 26.1 Å². The van der Waals surface area contributed by atoms with Crippen LogP contribution < -0.4 is 14.8 Å². The lowest BCUT2D eigenvalue weighted by atomic mass is 10.2. The van der Waals surface area contributed by atoms with E-state index in [1.807, 2.05) is 13.0 Å². The standard InChI is InChI=1S/C18H19ClN2O4/c1-12-4-6-14(9-15(12)19)21-18(22)11-25-20-10-13-5-7-16(23-2)17(8-13)24-3/h4-10H,11H2,1-3H3,(H,21,22)/b20-10+. The molecule has 2 aromatic carbocycles. The summed E-state index contributed by atoms with van der Waals surface area (Å²) in [5.41, 5.74) is 2.30. The number of nitrogens with one attached hydrogen (secondary N) is 1. The predicted octanol–water partition coefficient (Wildman–Crippen LogP) is 3.65. The minimum absolute atomic E-state index is 0.213. The Labute approximate surface area is 151 Å². The molecule has 1 N–H and O–H groups in total. The molecule has 0 fully saturated rings. The molecule has 0 unspecified atom stereocenters. The molecule has 132 valence electrons. The lowest BCUT2D eigenvalue weighted by Crippen LogP contribution is -2.17. The highest BCUT2D eigenvalue weighted by atomic mass is 35.5. The Morgan fingerprint density at radius 2 is 1.92 bits per heavy atom. The monoisotopic (exact) mass is 362 g/mol. The summed E-state index contributed by atoms with van der Waals surface area (Å²) in [6.07, 6.45) is 1.48. The fraction of sp³-hybridized carbons (Fsp3) is 0.222. The van der Waals surface area contributed by atoms with Gasteiger partial charge in [-0.3, -0.25) is 4.79 Å². The SMILES string of the molecule is COc1ccc(/C=N/OCC(=O)Nc2ccc(C)c(Cl)c2)cc1OC. The molecule has 0 aliphatic rings. The van der Waals surface area contributed by atoms with Crippen LogP contribution >= 0.6 is 11.6 Å². The number of carbonyl (C=O) groups excluding carboxylic acids is 1. The van der Waals surface area contributed by atoms with Gasteiger partial charge in [-0.25, -0.2) is 0 Å². The highest BCUT2D eigenvalue weighted by molar-refractivity contribution is 6.31. The van der Waals surface area contributed by atoms with E-state index < -0.39 is 0 Å². The van der Waals surface area contributed by atoms with Gasteiger partial charge in [-0.15, -0.1) is 0 Å². The first-order chi connectivity index (χ1) is 12.0.